The maximum Gasteiger partial charge on any atom is 0.459 e. The lowest BCUT2D eigenvalue weighted by atomic mass is 10.1. The SMILES string of the molecule is Cn1nc(C(F)(F)C(F)(F)F)c(C(F)(F)F)c1N1CC(C2CC(C(=O)NC3CC3)=C(Cl)S2)N=N1. The van der Waals surface area contributed by atoms with Crippen molar-refractivity contribution in [3.8, 4) is 0 Å². The standard InChI is InChI=1S/C17H15ClF8N6OS/c1-31-14(10(16(21,22)23)11(29-31)15(19,20)17(24,25)26)32-5-8(28-30-32)9-4-7(12(18)34-9)13(33)27-6-2-3-6/h6,8-9H,2-5H2,1H3,(H,27,33). The van der Waals surface area contributed by atoms with Crippen molar-refractivity contribution in [1.29, 1.82) is 0 Å². The number of thioether (sulfide) groups is 1. The first-order valence-corrected chi connectivity index (χ1v) is 11.0. The fourth-order valence-corrected chi connectivity index (χ4v) is 5.19. The molecule has 2 aliphatic heterocycles. The Morgan fingerprint density at radius 3 is 2.35 bits per heavy atom. The summed E-state index contributed by atoms with van der Waals surface area (Å²) < 4.78 is 108. The summed E-state index contributed by atoms with van der Waals surface area (Å²) in [6, 6.07) is -0.739. The molecule has 4 rings (SSSR count). The summed E-state index contributed by atoms with van der Waals surface area (Å²) in [6.07, 6.45) is -10.1. The summed E-state index contributed by atoms with van der Waals surface area (Å²) in [4.78, 5) is 12.3. The number of aromatic nitrogens is 2. The highest BCUT2D eigenvalue weighted by molar-refractivity contribution is 8.05. The molecule has 3 heterocycles. The Bertz CT molecular complexity index is 1060. The molecule has 1 N–H and O–H groups in total. The molecule has 0 bridgehead atoms. The van der Waals surface area contributed by atoms with E-state index in [9.17, 15) is 39.9 Å². The molecular weight excluding hydrogens is 524 g/mol. The Hall–Kier alpha value is -2.10. The van der Waals surface area contributed by atoms with Crippen LogP contribution in [0, 0.1) is 0 Å². The number of carbonyl (C=O) groups excluding carboxylic acids is 1. The summed E-state index contributed by atoms with van der Waals surface area (Å²) in [5.41, 5.74) is -4.43. The van der Waals surface area contributed by atoms with Crippen molar-refractivity contribution in [2.75, 3.05) is 11.6 Å². The highest BCUT2D eigenvalue weighted by Crippen LogP contribution is 2.51. The Morgan fingerprint density at radius 2 is 1.79 bits per heavy atom. The van der Waals surface area contributed by atoms with Crippen LogP contribution in [0.15, 0.2) is 20.3 Å². The van der Waals surface area contributed by atoms with Crippen LogP contribution in [0.5, 0.6) is 0 Å². The first-order valence-electron chi connectivity index (χ1n) is 9.75. The quantitative estimate of drug-likeness (QED) is 0.542. The molecule has 2 unspecified atom stereocenters. The molecule has 0 spiro atoms. The van der Waals surface area contributed by atoms with E-state index in [2.05, 4.69) is 20.8 Å². The van der Waals surface area contributed by atoms with E-state index in [1.54, 1.807) is 0 Å². The minimum Gasteiger partial charge on any atom is -0.350 e. The summed E-state index contributed by atoms with van der Waals surface area (Å²) in [7, 11) is 0.798. The van der Waals surface area contributed by atoms with Gasteiger partial charge in [-0.15, -0.1) is 11.8 Å². The fourth-order valence-electron chi connectivity index (χ4n) is 3.55. The van der Waals surface area contributed by atoms with Crippen LogP contribution >= 0.6 is 23.4 Å². The molecule has 17 heteroatoms. The average molecular weight is 539 g/mol. The van der Waals surface area contributed by atoms with Gasteiger partial charge in [-0.05, 0) is 19.3 Å². The Morgan fingerprint density at radius 1 is 1.15 bits per heavy atom. The predicted octanol–water partition coefficient (Wildman–Crippen LogP) is 4.88. The summed E-state index contributed by atoms with van der Waals surface area (Å²) in [5, 5.41) is 13.1. The first-order chi connectivity index (χ1) is 15.6. The highest BCUT2D eigenvalue weighted by atomic mass is 35.5. The van der Waals surface area contributed by atoms with Crippen LogP contribution in [0.25, 0.3) is 0 Å². The van der Waals surface area contributed by atoms with Crippen molar-refractivity contribution in [2.24, 2.45) is 17.4 Å². The van der Waals surface area contributed by atoms with E-state index in [4.69, 9.17) is 11.6 Å². The lowest BCUT2D eigenvalue weighted by Crippen LogP contribution is -2.36. The molecule has 0 saturated heterocycles. The van der Waals surface area contributed by atoms with E-state index < -0.39 is 46.6 Å². The van der Waals surface area contributed by atoms with Crippen molar-refractivity contribution >= 4 is 35.1 Å². The van der Waals surface area contributed by atoms with Gasteiger partial charge in [0.15, 0.2) is 11.5 Å². The van der Waals surface area contributed by atoms with Crippen LogP contribution in [0.4, 0.5) is 40.9 Å². The molecule has 2 atom stereocenters. The minimum atomic E-state index is -6.30. The van der Waals surface area contributed by atoms with E-state index in [-0.39, 0.29) is 34.0 Å². The molecule has 7 nitrogen and oxygen atoms in total. The lowest BCUT2D eigenvalue weighted by molar-refractivity contribution is -0.292. The third kappa shape index (κ3) is 4.45. The van der Waals surface area contributed by atoms with Gasteiger partial charge in [-0.2, -0.15) is 45.3 Å². The van der Waals surface area contributed by atoms with Crippen LogP contribution in [0.1, 0.15) is 30.5 Å². The molecule has 1 aliphatic carbocycles. The number of anilines is 1. The van der Waals surface area contributed by atoms with Gasteiger partial charge in [-0.1, -0.05) is 16.8 Å². The second-order valence-electron chi connectivity index (χ2n) is 7.96. The zero-order chi connectivity index (χ0) is 25.2. The molecule has 0 radical (unpaired) electrons. The number of hydrogen-bond acceptors (Lipinski definition) is 6. The number of nitrogens with zero attached hydrogens (tertiary/aromatic N) is 5. The summed E-state index contributed by atoms with van der Waals surface area (Å²) in [6.45, 7) is -0.376. The number of rotatable bonds is 5. The van der Waals surface area contributed by atoms with E-state index in [0.29, 0.717) is 10.6 Å². The predicted molar refractivity (Wildman–Crippen MR) is 104 cm³/mol. The topological polar surface area (TPSA) is 74.9 Å². The van der Waals surface area contributed by atoms with Gasteiger partial charge in [-0.25, -0.2) is 5.01 Å². The van der Waals surface area contributed by atoms with Gasteiger partial charge in [-0.3, -0.25) is 9.48 Å². The van der Waals surface area contributed by atoms with Crippen molar-refractivity contribution in [3.63, 3.8) is 0 Å². The number of hydrogen-bond donors (Lipinski definition) is 1. The van der Waals surface area contributed by atoms with Gasteiger partial charge in [0.05, 0.1) is 10.9 Å². The van der Waals surface area contributed by atoms with Crippen molar-refractivity contribution < 1.29 is 39.9 Å². The van der Waals surface area contributed by atoms with Crippen LogP contribution in [-0.4, -0.2) is 45.7 Å². The number of nitrogens with one attached hydrogen (secondary N) is 1. The maximum atomic E-state index is 13.9. The maximum absolute atomic E-state index is 13.9. The molecule has 0 aromatic carbocycles. The van der Waals surface area contributed by atoms with Crippen molar-refractivity contribution in [2.45, 2.75) is 54.9 Å². The molecular formula is C17H15ClF8N6OS. The third-order valence-electron chi connectivity index (χ3n) is 5.38. The summed E-state index contributed by atoms with van der Waals surface area (Å²) >= 11 is 7.21. The van der Waals surface area contributed by atoms with E-state index in [0.717, 1.165) is 31.7 Å². The molecule has 1 fully saturated rings. The van der Waals surface area contributed by atoms with E-state index >= 15 is 0 Å². The van der Waals surface area contributed by atoms with Gasteiger partial charge in [0, 0.05) is 23.9 Å². The van der Waals surface area contributed by atoms with Crippen LogP contribution in [-0.2, 0) is 23.9 Å². The third-order valence-corrected chi connectivity index (χ3v) is 7.11. The van der Waals surface area contributed by atoms with Gasteiger partial charge >= 0.3 is 18.3 Å². The van der Waals surface area contributed by atoms with Gasteiger partial charge in [0.2, 0.25) is 5.91 Å². The van der Waals surface area contributed by atoms with Crippen LogP contribution in [0.3, 0.4) is 0 Å². The molecule has 34 heavy (non-hydrogen) atoms. The van der Waals surface area contributed by atoms with Gasteiger partial charge < -0.3 is 5.32 Å². The average Bonchev–Trinajstić information content (AvgIpc) is 3.10. The number of alkyl halides is 8. The zero-order valence-corrected chi connectivity index (χ0v) is 18.6. The number of carbonyl (C=O) groups is 1. The molecule has 1 aromatic rings. The lowest BCUT2D eigenvalue weighted by Gasteiger charge is -2.21. The molecule has 1 amide bonds. The molecule has 1 aromatic heterocycles. The van der Waals surface area contributed by atoms with Crippen LogP contribution < -0.4 is 10.3 Å². The van der Waals surface area contributed by atoms with Crippen LogP contribution in [0.2, 0.25) is 0 Å². The largest absolute Gasteiger partial charge is 0.459 e. The Balaban J connectivity index is 1.57. The van der Waals surface area contributed by atoms with E-state index in [1.165, 1.54) is 0 Å². The second-order valence-corrected chi connectivity index (χ2v) is 9.81. The fraction of sp³-hybridized carbons (Fsp3) is 0.647. The Labute approximate surface area is 195 Å². The number of aryl methyl sites for hydroxylation is 1. The van der Waals surface area contributed by atoms with Crippen molar-refractivity contribution in [1.82, 2.24) is 15.1 Å². The normalized spacial score (nSPS) is 23.9. The van der Waals surface area contributed by atoms with Gasteiger partial charge in [0.25, 0.3) is 0 Å². The minimum absolute atomic E-state index is 0.0739. The van der Waals surface area contributed by atoms with Gasteiger partial charge in [0.1, 0.15) is 11.6 Å². The summed E-state index contributed by atoms with van der Waals surface area (Å²) in [5.74, 6) is -7.32. The molecule has 3 aliphatic rings. The monoisotopic (exact) mass is 538 g/mol. The Kier molecular flexibility index (Phi) is 6.06. The second kappa shape index (κ2) is 8.24. The highest BCUT2D eigenvalue weighted by Gasteiger charge is 2.64. The van der Waals surface area contributed by atoms with Crippen molar-refractivity contribution in [3.05, 3.63) is 21.2 Å². The smallest absolute Gasteiger partial charge is 0.350 e. The molecule has 188 valence electrons. The number of amides is 1. The molecule has 1 saturated carbocycles. The van der Waals surface area contributed by atoms with E-state index in [1.807, 2.05) is 0 Å². The number of halogens is 9. The first kappa shape index (κ1) is 25.0. The zero-order valence-electron chi connectivity index (χ0n) is 17.0.